The predicted molar refractivity (Wildman–Crippen MR) is 97.5 cm³/mol. The van der Waals surface area contributed by atoms with Gasteiger partial charge in [-0.15, -0.1) is 0 Å². The summed E-state index contributed by atoms with van der Waals surface area (Å²) in [7, 11) is 0. The van der Waals surface area contributed by atoms with Gasteiger partial charge in [-0.3, -0.25) is 4.79 Å². The fourth-order valence-corrected chi connectivity index (χ4v) is 3.41. The molecule has 0 aliphatic heterocycles. The van der Waals surface area contributed by atoms with Crippen molar-refractivity contribution in [3.05, 3.63) is 23.0 Å². The maximum absolute atomic E-state index is 12.6. The monoisotopic (exact) mass is 353 g/mol. The molecule has 1 aromatic rings. The van der Waals surface area contributed by atoms with Crippen LogP contribution in [0.3, 0.4) is 0 Å². The van der Waals surface area contributed by atoms with Gasteiger partial charge in [0.1, 0.15) is 5.15 Å². The van der Waals surface area contributed by atoms with Gasteiger partial charge in [0, 0.05) is 18.3 Å². The van der Waals surface area contributed by atoms with Crippen molar-refractivity contribution < 1.29 is 9.90 Å². The number of nitrogens with zero attached hydrogens (tertiary/aromatic N) is 1. The second-order valence-electron chi connectivity index (χ2n) is 7.53. The topological polar surface area (TPSA) is 74.2 Å². The zero-order valence-corrected chi connectivity index (χ0v) is 15.7. The van der Waals surface area contributed by atoms with Crippen LogP contribution in [0.5, 0.6) is 0 Å². The molecule has 134 valence electrons. The van der Waals surface area contributed by atoms with E-state index in [9.17, 15) is 9.90 Å². The van der Waals surface area contributed by atoms with E-state index in [1.807, 2.05) is 27.7 Å². The molecule has 2 rings (SSSR count). The molecule has 6 heteroatoms. The minimum Gasteiger partial charge on any atom is -0.390 e. The Balaban J connectivity index is 2.01. The molecule has 1 aromatic heterocycles. The number of rotatable bonds is 5. The molecule has 5 nitrogen and oxygen atoms in total. The Labute approximate surface area is 149 Å². The molecule has 0 saturated heterocycles. The van der Waals surface area contributed by atoms with Crippen LogP contribution >= 0.6 is 11.6 Å². The van der Waals surface area contributed by atoms with Crippen LogP contribution in [-0.2, 0) is 0 Å². The summed E-state index contributed by atoms with van der Waals surface area (Å²) in [5.41, 5.74) is 0.564. The Kier molecular flexibility index (Phi) is 6.10. The van der Waals surface area contributed by atoms with Gasteiger partial charge in [-0.05, 0) is 65.4 Å². The van der Waals surface area contributed by atoms with Gasteiger partial charge < -0.3 is 15.7 Å². The number of nitrogens with one attached hydrogen (secondary N) is 2. The highest BCUT2D eigenvalue weighted by molar-refractivity contribution is 6.29. The summed E-state index contributed by atoms with van der Waals surface area (Å²) in [5.74, 6) is 0.162. The Bertz CT molecular complexity index is 576. The van der Waals surface area contributed by atoms with Gasteiger partial charge in [-0.25, -0.2) is 4.98 Å². The largest absolute Gasteiger partial charge is 0.390 e. The molecule has 1 fully saturated rings. The fourth-order valence-electron chi connectivity index (χ4n) is 3.25. The first-order valence-electron chi connectivity index (χ1n) is 8.62. The summed E-state index contributed by atoms with van der Waals surface area (Å²) in [6.45, 7) is 7.74. The van der Waals surface area contributed by atoms with Crippen molar-refractivity contribution in [1.82, 2.24) is 10.3 Å². The zero-order chi connectivity index (χ0) is 17.9. The lowest BCUT2D eigenvalue weighted by atomic mass is 9.77. The summed E-state index contributed by atoms with van der Waals surface area (Å²) in [4.78, 5) is 16.7. The van der Waals surface area contributed by atoms with Crippen molar-refractivity contribution in [3.8, 4) is 0 Å². The number of amides is 1. The Morgan fingerprint density at radius 3 is 2.50 bits per heavy atom. The van der Waals surface area contributed by atoms with Gasteiger partial charge in [-0.2, -0.15) is 0 Å². The summed E-state index contributed by atoms with van der Waals surface area (Å²) in [6.07, 6.45) is 5.13. The van der Waals surface area contributed by atoms with Gasteiger partial charge in [0.15, 0.2) is 0 Å². The number of hydrogen-bond donors (Lipinski definition) is 3. The van der Waals surface area contributed by atoms with Crippen molar-refractivity contribution in [3.63, 3.8) is 0 Å². The first-order valence-corrected chi connectivity index (χ1v) is 9.00. The van der Waals surface area contributed by atoms with Crippen LogP contribution in [0.4, 0.5) is 5.69 Å². The van der Waals surface area contributed by atoms with Crippen molar-refractivity contribution in [2.45, 2.75) is 71.1 Å². The third-order valence-corrected chi connectivity index (χ3v) is 4.83. The van der Waals surface area contributed by atoms with Gasteiger partial charge in [0.05, 0.1) is 16.9 Å². The number of halogens is 1. The number of aliphatic hydroxyl groups is 1. The minimum atomic E-state index is -0.649. The lowest BCUT2D eigenvalue weighted by Gasteiger charge is -2.36. The summed E-state index contributed by atoms with van der Waals surface area (Å²) in [6, 6.07) is 2.01. The second-order valence-corrected chi connectivity index (χ2v) is 7.91. The second kappa shape index (κ2) is 7.70. The third-order valence-electron chi connectivity index (χ3n) is 4.62. The molecular weight excluding hydrogens is 326 g/mol. The molecule has 1 heterocycles. The molecule has 0 radical (unpaired) electrons. The fraction of sp³-hybridized carbons (Fsp3) is 0.667. The summed E-state index contributed by atoms with van der Waals surface area (Å²) in [5, 5.41) is 16.8. The normalized spacial score (nSPS) is 21.6. The number of pyridine rings is 1. The van der Waals surface area contributed by atoms with Gasteiger partial charge >= 0.3 is 0 Å². The van der Waals surface area contributed by atoms with Gasteiger partial charge in [-0.1, -0.05) is 11.6 Å². The molecule has 24 heavy (non-hydrogen) atoms. The molecule has 0 bridgehead atoms. The van der Waals surface area contributed by atoms with Crippen LogP contribution in [0.15, 0.2) is 12.3 Å². The van der Waals surface area contributed by atoms with Crippen LogP contribution in [0.1, 0.15) is 63.7 Å². The zero-order valence-electron chi connectivity index (χ0n) is 14.9. The number of carbonyl (C=O) groups excluding carboxylic acids is 1. The van der Waals surface area contributed by atoms with E-state index in [-0.39, 0.29) is 18.0 Å². The molecule has 1 amide bonds. The van der Waals surface area contributed by atoms with Crippen LogP contribution in [0.25, 0.3) is 0 Å². The van der Waals surface area contributed by atoms with E-state index in [0.29, 0.717) is 22.3 Å². The number of anilines is 1. The van der Waals surface area contributed by atoms with E-state index in [4.69, 9.17) is 11.6 Å². The predicted octanol–water partition coefficient (Wildman–Crippen LogP) is 3.61. The Morgan fingerprint density at radius 2 is 1.96 bits per heavy atom. The molecule has 0 spiro atoms. The summed E-state index contributed by atoms with van der Waals surface area (Å²) < 4.78 is 0. The average molecular weight is 354 g/mol. The van der Waals surface area contributed by atoms with Crippen molar-refractivity contribution in [2.75, 3.05) is 5.32 Å². The number of aromatic nitrogens is 1. The first-order chi connectivity index (χ1) is 11.2. The van der Waals surface area contributed by atoms with Gasteiger partial charge in [0.25, 0.3) is 5.91 Å². The molecule has 0 unspecified atom stereocenters. The maximum Gasteiger partial charge on any atom is 0.255 e. The maximum atomic E-state index is 12.6. The van der Waals surface area contributed by atoms with Crippen molar-refractivity contribution in [1.29, 1.82) is 0 Å². The van der Waals surface area contributed by atoms with Crippen LogP contribution in [-0.4, -0.2) is 33.7 Å². The molecular formula is C18H28ClN3O2. The highest BCUT2D eigenvalue weighted by atomic mass is 35.5. The average Bonchev–Trinajstić information content (AvgIpc) is 2.46. The minimum absolute atomic E-state index is 0.131. The van der Waals surface area contributed by atoms with E-state index in [0.717, 1.165) is 25.7 Å². The van der Waals surface area contributed by atoms with E-state index in [1.54, 1.807) is 6.07 Å². The van der Waals surface area contributed by atoms with Crippen molar-refractivity contribution in [2.24, 2.45) is 5.92 Å². The van der Waals surface area contributed by atoms with E-state index < -0.39 is 5.60 Å². The van der Waals surface area contributed by atoms with E-state index in [1.165, 1.54) is 6.20 Å². The van der Waals surface area contributed by atoms with Crippen LogP contribution in [0, 0.1) is 5.92 Å². The van der Waals surface area contributed by atoms with Crippen LogP contribution < -0.4 is 10.6 Å². The molecule has 1 aliphatic rings. The first kappa shape index (κ1) is 19.0. The van der Waals surface area contributed by atoms with E-state index >= 15 is 0 Å². The smallest absolute Gasteiger partial charge is 0.255 e. The number of carbonyl (C=O) groups is 1. The van der Waals surface area contributed by atoms with Crippen LogP contribution in [0.2, 0.25) is 5.15 Å². The van der Waals surface area contributed by atoms with Gasteiger partial charge in [0.2, 0.25) is 0 Å². The lowest BCUT2D eigenvalue weighted by molar-refractivity contribution is -0.00257. The molecule has 0 aromatic carbocycles. The van der Waals surface area contributed by atoms with Crippen molar-refractivity contribution >= 4 is 23.2 Å². The Hall–Kier alpha value is -1.33. The SMILES string of the molecule is CC(C)Nc1cc(Cl)ncc1C(=O)NC1CCC(C(C)(C)O)CC1. The molecule has 1 saturated carbocycles. The third kappa shape index (κ3) is 5.08. The standard InChI is InChI=1S/C18H28ClN3O2/c1-11(2)21-15-9-16(19)20-10-14(15)17(23)22-13-7-5-12(6-8-13)18(3,4)24/h9-13,24H,5-8H2,1-4H3,(H,20,21)(H,22,23). The summed E-state index contributed by atoms with van der Waals surface area (Å²) >= 11 is 5.95. The highest BCUT2D eigenvalue weighted by Crippen LogP contribution is 2.32. The van der Waals surface area contributed by atoms with E-state index in [2.05, 4.69) is 15.6 Å². The molecule has 3 N–H and O–H groups in total. The highest BCUT2D eigenvalue weighted by Gasteiger charge is 2.32. The lowest BCUT2D eigenvalue weighted by Crippen LogP contribution is -2.42. The molecule has 1 aliphatic carbocycles. The quantitative estimate of drug-likeness (QED) is 0.707. The molecule has 0 atom stereocenters. The Morgan fingerprint density at radius 1 is 1.33 bits per heavy atom. The number of hydrogen-bond acceptors (Lipinski definition) is 4.